The van der Waals surface area contributed by atoms with Gasteiger partial charge >= 0.3 is 11.9 Å². The average Bonchev–Trinajstić information content (AvgIpc) is 0.722. The maximum absolute atomic E-state index is 16.5. The number of amides is 1. The highest BCUT2D eigenvalue weighted by atomic mass is 16.8. The van der Waals surface area contributed by atoms with Gasteiger partial charge in [0.25, 0.3) is 0 Å². The molecule has 0 aromatic heterocycles. The molecule has 698 valence electrons. The number of aliphatic hydroxyl groups is 21. The summed E-state index contributed by atoms with van der Waals surface area (Å²) < 4.78 is 91.4. The minimum Gasteiger partial charge on any atom is -0.458 e. The van der Waals surface area contributed by atoms with Crippen LogP contribution in [0.2, 0.25) is 0 Å². The van der Waals surface area contributed by atoms with E-state index in [4.69, 9.17) is 71.1 Å². The van der Waals surface area contributed by atoms with E-state index in [1.807, 2.05) is 13.8 Å². The molecule has 0 spiro atoms. The zero-order valence-corrected chi connectivity index (χ0v) is 70.5. The van der Waals surface area contributed by atoms with Crippen molar-refractivity contribution >= 4 is 17.8 Å². The molecule has 4 saturated carbocycles. The van der Waals surface area contributed by atoms with Crippen molar-refractivity contribution in [3.8, 4) is 0 Å². The Morgan fingerprint density at radius 2 is 1.11 bits per heavy atom. The molecule has 7 aliphatic heterocycles. The SMILES string of the molecule is C=C[C@@](C)(CC/C=C(\CO)C(=O)OC1C[C@]2(C(=O)O[C@@H]3O[C@H](CO)[C@@H](O[C@@H]4O[C@@H](CO)[C@H](O)[C@H]4O)[C@H](O[C@@H]4O[C@H](CO)[C@@H](O)[C@H](O)[C@H]4O)[C@H]3O)C(O)C[C@]3(C)C(=CC[C@@H]4[C@@]5(C)CC[C@H](O[C@@H]6O[C@H](CO[C@@H]7O[C@H](C)[C@H](O)[C@H](O)[C@H]7O[C@@H]7OC[C@@H](O)[C@H](O)[C@H]7O)[C@@H](O)[C@H](O)[C@H]6NC(C)=O)C(C)(C)[C@@H]5CC[C@]43C)[C@@H]2CC1(C)C)O[C@@H]1O[C@H](C)[C@@H](O)[C@H](O)[C@H]1O. The molecule has 2 unspecified atom stereocenters. The fourth-order valence-corrected chi connectivity index (χ4v) is 22.0. The number of carbonyl (C=O) groups excluding carboxylic acids is 3. The van der Waals surface area contributed by atoms with E-state index in [0.717, 1.165) is 5.57 Å². The Hall–Kier alpha value is -3.73. The van der Waals surface area contributed by atoms with Crippen LogP contribution >= 0.6 is 0 Å². The first-order chi connectivity index (χ1) is 57.2. The van der Waals surface area contributed by atoms with Crippen molar-refractivity contribution < 1.29 is 193 Å². The number of fused-ring (bicyclic) bond motifs is 7. The zero-order chi connectivity index (χ0) is 89.7. The van der Waals surface area contributed by atoms with Crippen LogP contribution in [-0.2, 0) is 85.4 Å². The minimum absolute atomic E-state index is 0.00185. The molecule has 44 atom stereocenters. The Bertz CT molecular complexity index is 3650. The van der Waals surface area contributed by atoms with Gasteiger partial charge in [-0.2, -0.15) is 0 Å². The third-order valence-corrected chi connectivity index (χ3v) is 29.8. The fraction of sp³-hybridized carbons (Fsp3) is 0.890. The Morgan fingerprint density at radius 1 is 0.549 bits per heavy atom. The molecule has 40 heteroatoms. The van der Waals surface area contributed by atoms with Crippen molar-refractivity contribution in [1.82, 2.24) is 5.32 Å². The molecule has 22 N–H and O–H groups in total. The van der Waals surface area contributed by atoms with Crippen LogP contribution in [-0.4, -0.2) is 391 Å². The summed E-state index contributed by atoms with van der Waals surface area (Å²) in [6.07, 6.45) is -51.5. The Morgan fingerprint density at radius 3 is 1.73 bits per heavy atom. The molecule has 1 amide bonds. The summed E-state index contributed by atoms with van der Waals surface area (Å²) in [6.45, 7) is 19.1. The van der Waals surface area contributed by atoms with Crippen LogP contribution in [0.3, 0.4) is 0 Å². The predicted octanol–water partition coefficient (Wildman–Crippen LogP) is -5.96. The molecule has 40 nitrogen and oxygen atoms in total. The van der Waals surface area contributed by atoms with Crippen LogP contribution in [0.25, 0.3) is 0 Å². The maximum Gasteiger partial charge on any atom is 0.336 e. The number of aliphatic hydroxyl groups excluding tert-OH is 21. The summed E-state index contributed by atoms with van der Waals surface area (Å²) in [5.74, 6) is -4.15. The average molecular weight is 1750 g/mol. The van der Waals surface area contributed by atoms with Crippen LogP contribution in [0.1, 0.15) is 140 Å². The van der Waals surface area contributed by atoms with Crippen molar-refractivity contribution in [2.45, 2.75) is 367 Å². The minimum atomic E-state index is -2.32. The summed E-state index contributed by atoms with van der Waals surface area (Å²) in [4.78, 5) is 44.3. The number of carbonyl (C=O) groups is 3. The molecule has 0 aromatic rings. The second-order valence-corrected chi connectivity index (χ2v) is 38.0. The van der Waals surface area contributed by atoms with Gasteiger partial charge in [0.1, 0.15) is 158 Å². The van der Waals surface area contributed by atoms with Gasteiger partial charge in [0.15, 0.2) is 37.7 Å². The number of nitrogens with one attached hydrogen (secondary N) is 1. The Kier molecular flexibility index (Phi) is 30.0. The molecular weight excluding hydrogens is 1620 g/mol. The summed E-state index contributed by atoms with van der Waals surface area (Å²) >= 11 is 0. The molecule has 7 heterocycles. The van der Waals surface area contributed by atoms with Gasteiger partial charge < -0.3 is 184 Å². The Labute approximate surface area is 706 Å². The number of esters is 2. The third-order valence-electron chi connectivity index (χ3n) is 29.8. The molecule has 11 fully saturated rings. The van der Waals surface area contributed by atoms with Crippen molar-refractivity contribution in [2.75, 3.05) is 39.6 Å². The predicted molar refractivity (Wildman–Crippen MR) is 409 cm³/mol. The molecule has 0 bridgehead atoms. The first kappa shape index (κ1) is 97.3. The summed E-state index contributed by atoms with van der Waals surface area (Å²) in [5.41, 5.74) is -7.02. The fourth-order valence-electron chi connectivity index (χ4n) is 22.0. The van der Waals surface area contributed by atoms with E-state index in [1.165, 1.54) is 32.9 Å². The third kappa shape index (κ3) is 17.8. The number of ether oxygens (including phenoxy) is 15. The first-order valence-corrected chi connectivity index (χ1v) is 42.4. The Balaban J connectivity index is 0.837. The van der Waals surface area contributed by atoms with E-state index in [9.17, 15) is 117 Å². The molecule has 0 aromatic carbocycles. The normalized spacial score (nSPS) is 50.0. The molecule has 12 aliphatic rings. The highest BCUT2D eigenvalue weighted by Crippen LogP contribution is 2.76. The molecule has 122 heavy (non-hydrogen) atoms. The topological polar surface area (TPSA) is 627 Å². The summed E-state index contributed by atoms with van der Waals surface area (Å²) in [7, 11) is 0. The van der Waals surface area contributed by atoms with Gasteiger partial charge in [-0.25, -0.2) is 4.79 Å². The lowest BCUT2D eigenvalue weighted by molar-refractivity contribution is -0.372. The summed E-state index contributed by atoms with van der Waals surface area (Å²) in [5, 5.41) is 235. The van der Waals surface area contributed by atoms with Crippen LogP contribution in [0.4, 0.5) is 0 Å². The van der Waals surface area contributed by atoms with E-state index < -0.39 is 329 Å². The molecular formula is C82H131NO39. The van der Waals surface area contributed by atoms with Gasteiger partial charge in [0.2, 0.25) is 12.2 Å². The second kappa shape index (κ2) is 37.6. The van der Waals surface area contributed by atoms with Gasteiger partial charge in [0.05, 0.1) is 75.2 Å². The molecule has 12 rings (SSSR count). The number of hydrogen-bond acceptors (Lipinski definition) is 39. The molecule has 7 saturated heterocycles. The lowest BCUT2D eigenvalue weighted by atomic mass is 9.33. The van der Waals surface area contributed by atoms with Crippen molar-refractivity contribution in [3.05, 3.63) is 36.0 Å². The quantitative estimate of drug-likeness (QED) is 0.0166. The van der Waals surface area contributed by atoms with Crippen molar-refractivity contribution in [1.29, 1.82) is 0 Å². The standard InChI is InChI=1S/C82H131NO39/c1-13-78(9,122-73-62(104)56(98)49(91)32(2)110-73)20-14-15-35(26-84)67(106)116-47-25-82(75(107)121-72-63(105)65(119-71-61(103)57(99)52(94)39(27-85)112-71)64(41(29-87)114-72)118-70-60(102)53(95)40(28-86)113-70)37(23-76(47,5)6)36-16-17-44-79(10)21-19-46(77(7,8)43(79)18-22-80(44,11)81(36,12)24-45(82)90)117-68-48(83-34(4)88)55(97)54(96)42(115-68)31-109-74-66(58(100)50(92)33(3)111-74)120-69-59(101)51(93)38(89)30-108-69/h13,15-16,32-33,37-66,68-74,84-87,89-105H,1,14,17-31H2,2-12H3,(H,83,88)/b35-15+/t32-,33-,37+,38-,39-,40+,41-,42-,43+,44-,45?,46+,47?,48-,49-,50+,51+,52-,53+,54-,55-,56+,57+,58+,59-,60-,61-,62-,63-,64-,65-,66-,68+,69+,70+,71+,72+,73+,74-,78+,79+,80-,81-,82-/m1/s1. The number of rotatable bonds is 26. The van der Waals surface area contributed by atoms with Crippen LogP contribution in [0.15, 0.2) is 36.0 Å². The summed E-state index contributed by atoms with van der Waals surface area (Å²) in [6, 6.07) is -1.35. The largest absolute Gasteiger partial charge is 0.458 e. The zero-order valence-electron chi connectivity index (χ0n) is 70.5. The van der Waals surface area contributed by atoms with E-state index in [0.29, 0.717) is 32.1 Å². The van der Waals surface area contributed by atoms with Crippen LogP contribution < -0.4 is 5.32 Å². The van der Waals surface area contributed by atoms with Gasteiger partial charge in [-0.3, -0.25) is 9.59 Å². The van der Waals surface area contributed by atoms with E-state index in [2.05, 4.69) is 52.6 Å². The number of hydrogen-bond donors (Lipinski definition) is 22. The van der Waals surface area contributed by atoms with E-state index >= 15 is 4.79 Å². The van der Waals surface area contributed by atoms with Gasteiger partial charge in [-0.15, -0.1) is 6.58 Å². The van der Waals surface area contributed by atoms with E-state index in [-0.39, 0.29) is 43.1 Å². The van der Waals surface area contributed by atoms with Crippen LogP contribution in [0, 0.1) is 50.2 Å². The second-order valence-electron chi connectivity index (χ2n) is 38.0. The van der Waals surface area contributed by atoms with Gasteiger partial charge in [0, 0.05) is 18.8 Å². The molecule has 5 aliphatic carbocycles. The lowest BCUT2D eigenvalue weighted by Crippen LogP contribution is -2.70. The lowest BCUT2D eigenvalue weighted by Gasteiger charge is -2.72. The number of allylic oxidation sites excluding steroid dienone is 3. The van der Waals surface area contributed by atoms with Crippen molar-refractivity contribution in [2.24, 2.45) is 50.2 Å². The van der Waals surface area contributed by atoms with Gasteiger partial charge in [-0.05, 0) is 118 Å². The highest BCUT2D eigenvalue weighted by Gasteiger charge is 2.74. The highest BCUT2D eigenvalue weighted by molar-refractivity contribution is 5.89. The van der Waals surface area contributed by atoms with E-state index in [1.54, 1.807) is 6.92 Å². The van der Waals surface area contributed by atoms with Crippen molar-refractivity contribution in [3.63, 3.8) is 0 Å². The maximum atomic E-state index is 16.5. The smallest absolute Gasteiger partial charge is 0.336 e. The monoisotopic (exact) mass is 1750 g/mol. The van der Waals surface area contributed by atoms with Gasteiger partial charge in [-0.1, -0.05) is 72.3 Å². The first-order valence-electron chi connectivity index (χ1n) is 42.4. The molecule has 0 radical (unpaired) electrons. The van der Waals surface area contributed by atoms with Crippen LogP contribution in [0.5, 0.6) is 0 Å².